The van der Waals surface area contributed by atoms with Gasteiger partial charge in [-0.25, -0.2) is 5.01 Å². The van der Waals surface area contributed by atoms with Crippen molar-refractivity contribution in [2.75, 3.05) is 9.91 Å². The van der Waals surface area contributed by atoms with E-state index in [9.17, 15) is 0 Å². The van der Waals surface area contributed by atoms with E-state index < -0.39 is 0 Å². The fraction of sp³-hybridized carbons (Fsp3) is 0. The van der Waals surface area contributed by atoms with E-state index in [1.807, 2.05) is 59.8 Å². The molecule has 0 bridgehead atoms. The molecule has 0 aliphatic rings. The fourth-order valence-electron chi connectivity index (χ4n) is 3.86. The zero-order chi connectivity index (χ0) is 23.0. The maximum absolute atomic E-state index is 4.82. The van der Waals surface area contributed by atoms with Crippen LogP contribution in [0.3, 0.4) is 0 Å². The van der Waals surface area contributed by atoms with Gasteiger partial charge in [0.05, 0.1) is 17.6 Å². The topological polar surface area (TPSA) is 18.8 Å². The molecule has 164 valence electrons. The SMILES string of the molecule is C(=N/N(c1ccccc1)c1ccccc1)/c1ccc(N(c2ccccc2)c2ccccc2)cc1. The summed E-state index contributed by atoms with van der Waals surface area (Å²) in [6, 6.07) is 49.7. The first-order valence-electron chi connectivity index (χ1n) is 11.3. The standard InChI is InChI=1S/C31H25N3/c1-5-13-27(14-6-1)33(28-15-7-2-8-16-28)29-23-21-26(22-24-29)25-32-34(30-17-9-3-10-18-30)31-19-11-4-12-20-31/h1-25H/b32-25-. The smallest absolute Gasteiger partial charge is 0.0652 e. The Morgan fingerprint density at radius 3 is 1.15 bits per heavy atom. The highest BCUT2D eigenvalue weighted by Gasteiger charge is 2.11. The molecule has 3 heteroatoms. The van der Waals surface area contributed by atoms with Crippen LogP contribution in [0.15, 0.2) is 151 Å². The summed E-state index contributed by atoms with van der Waals surface area (Å²) in [6.07, 6.45) is 1.90. The lowest BCUT2D eigenvalue weighted by Gasteiger charge is -2.25. The number of anilines is 5. The van der Waals surface area contributed by atoms with Gasteiger partial charge in [0.25, 0.3) is 0 Å². The zero-order valence-electron chi connectivity index (χ0n) is 18.8. The van der Waals surface area contributed by atoms with Crippen molar-refractivity contribution >= 4 is 34.7 Å². The van der Waals surface area contributed by atoms with Gasteiger partial charge >= 0.3 is 0 Å². The largest absolute Gasteiger partial charge is 0.311 e. The first kappa shape index (κ1) is 21.2. The first-order chi connectivity index (χ1) is 16.9. The summed E-state index contributed by atoms with van der Waals surface area (Å²) in [7, 11) is 0. The maximum Gasteiger partial charge on any atom is 0.0652 e. The van der Waals surface area contributed by atoms with Crippen molar-refractivity contribution in [3.8, 4) is 0 Å². The molecule has 0 saturated carbocycles. The second-order valence-corrected chi connectivity index (χ2v) is 7.83. The van der Waals surface area contributed by atoms with Gasteiger partial charge in [-0.2, -0.15) is 5.10 Å². The van der Waals surface area contributed by atoms with Gasteiger partial charge in [0.2, 0.25) is 0 Å². The average Bonchev–Trinajstić information content (AvgIpc) is 2.92. The van der Waals surface area contributed by atoms with Crippen LogP contribution in [-0.4, -0.2) is 6.21 Å². The van der Waals surface area contributed by atoms with E-state index in [1.54, 1.807) is 0 Å². The summed E-state index contributed by atoms with van der Waals surface area (Å²) in [4.78, 5) is 2.25. The fourth-order valence-corrected chi connectivity index (χ4v) is 3.86. The summed E-state index contributed by atoms with van der Waals surface area (Å²) in [6.45, 7) is 0. The van der Waals surface area contributed by atoms with Crippen LogP contribution < -0.4 is 9.91 Å². The van der Waals surface area contributed by atoms with Crippen LogP contribution in [0.4, 0.5) is 28.4 Å². The van der Waals surface area contributed by atoms with Crippen LogP contribution in [0.25, 0.3) is 0 Å². The van der Waals surface area contributed by atoms with Gasteiger partial charge < -0.3 is 4.90 Å². The molecule has 0 aliphatic heterocycles. The predicted octanol–water partition coefficient (Wildman–Crippen LogP) is 8.33. The lowest BCUT2D eigenvalue weighted by Crippen LogP contribution is -2.10. The molecule has 0 N–H and O–H groups in total. The minimum absolute atomic E-state index is 1.01. The van der Waals surface area contributed by atoms with Crippen LogP contribution in [0.2, 0.25) is 0 Å². The Hall–Kier alpha value is -4.63. The molecule has 0 spiro atoms. The van der Waals surface area contributed by atoms with E-state index in [-0.39, 0.29) is 0 Å². The number of benzene rings is 5. The molecule has 34 heavy (non-hydrogen) atoms. The molecule has 0 aromatic heterocycles. The Kier molecular flexibility index (Phi) is 6.45. The molecule has 0 aliphatic carbocycles. The van der Waals surface area contributed by atoms with Crippen LogP contribution in [0.5, 0.6) is 0 Å². The number of para-hydroxylation sites is 4. The number of rotatable bonds is 7. The third kappa shape index (κ3) is 4.89. The van der Waals surface area contributed by atoms with E-state index in [1.165, 1.54) is 0 Å². The Bertz CT molecular complexity index is 1240. The highest BCUT2D eigenvalue weighted by molar-refractivity contribution is 5.84. The third-order valence-electron chi connectivity index (χ3n) is 5.50. The molecule has 3 nitrogen and oxygen atoms in total. The van der Waals surface area contributed by atoms with E-state index in [0.29, 0.717) is 0 Å². The second kappa shape index (κ2) is 10.3. The van der Waals surface area contributed by atoms with Crippen molar-refractivity contribution in [3.63, 3.8) is 0 Å². The molecule has 5 rings (SSSR count). The van der Waals surface area contributed by atoms with E-state index in [4.69, 9.17) is 5.10 Å². The van der Waals surface area contributed by atoms with Gasteiger partial charge in [-0.1, -0.05) is 84.9 Å². The Morgan fingerprint density at radius 1 is 0.382 bits per heavy atom. The average molecular weight is 440 g/mol. The summed E-state index contributed by atoms with van der Waals surface area (Å²) in [5, 5.41) is 6.77. The summed E-state index contributed by atoms with van der Waals surface area (Å²) in [5.41, 5.74) is 6.39. The first-order valence-corrected chi connectivity index (χ1v) is 11.3. The minimum Gasteiger partial charge on any atom is -0.311 e. The molecule has 5 aromatic rings. The normalized spacial score (nSPS) is 10.8. The lowest BCUT2D eigenvalue weighted by molar-refractivity contribution is 1.09. The highest BCUT2D eigenvalue weighted by Crippen LogP contribution is 2.34. The van der Waals surface area contributed by atoms with Crippen LogP contribution in [-0.2, 0) is 0 Å². The molecule has 0 radical (unpaired) electrons. The summed E-state index contributed by atoms with van der Waals surface area (Å²) in [5.74, 6) is 0. The Morgan fingerprint density at radius 2 is 0.735 bits per heavy atom. The Labute approximate surface area is 200 Å². The van der Waals surface area contributed by atoms with E-state index in [0.717, 1.165) is 34.0 Å². The maximum atomic E-state index is 4.82. The summed E-state index contributed by atoms with van der Waals surface area (Å²) < 4.78 is 0. The number of hydrazone groups is 1. The monoisotopic (exact) mass is 439 g/mol. The molecule has 0 atom stereocenters. The van der Waals surface area contributed by atoms with Crippen molar-refractivity contribution in [2.45, 2.75) is 0 Å². The van der Waals surface area contributed by atoms with E-state index in [2.05, 4.69) is 102 Å². The molecule has 0 unspecified atom stereocenters. The summed E-state index contributed by atoms with van der Waals surface area (Å²) >= 11 is 0. The van der Waals surface area contributed by atoms with Crippen molar-refractivity contribution in [3.05, 3.63) is 151 Å². The quantitative estimate of drug-likeness (QED) is 0.187. The molecule has 0 heterocycles. The zero-order valence-corrected chi connectivity index (χ0v) is 18.8. The van der Waals surface area contributed by atoms with Crippen LogP contribution in [0.1, 0.15) is 5.56 Å². The molecule has 0 fully saturated rings. The highest BCUT2D eigenvalue weighted by atomic mass is 15.5. The van der Waals surface area contributed by atoms with Gasteiger partial charge in [0.1, 0.15) is 0 Å². The van der Waals surface area contributed by atoms with Crippen LogP contribution >= 0.6 is 0 Å². The molecule has 0 amide bonds. The lowest BCUT2D eigenvalue weighted by atomic mass is 10.1. The number of nitrogens with zero attached hydrogens (tertiary/aromatic N) is 3. The van der Waals surface area contributed by atoms with Crippen molar-refractivity contribution in [1.82, 2.24) is 0 Å². The van der Waals surface area contributed by atoms with Crippen molar-refractivity contribution in [1.29, 1.82) is 0 Å². The molecule has 5 aromatic carbocycles. The van der Waals surface area contributed by atoms with Gasteiger partial charge in [0, 0.05) is 17.1 Å². The van der Waals surface area contributed by atoms with Crippen LogP contribution in [0, 0.1) is 0 Å². The van der Waals surface area contributed by atoms with Crippen molar-refractivity contribution in [2.24, 2.45) is 5.10 Å². The minimum atomic E-state index is 1.01. The third-order valence-corrected chi connectivity index (χ3v) is 5.50. The molecular formula is C31H25N3. The van der Waals surface area contributed by atoms with Gasteiger partial charge in [0.15, 0.2) is 0 Å². The Balaban J connectivity index is 1.45. The van der Waals surface area contributed by atoms with Crippen molar-refractivity contribution < 1.29 is 0 Å². The molecular weight excluding hydrogens is 414 g/mol. The number of hydrogen-bond acceptors (Lipinski definition) is 3. The van der Waals surface area contributed by atoms with Gasteiger partial charge in [-0.3, -0.25) is 0 Å². The van der Waals surface area contributed by atoms with Gasteiger partial charge in [-0.05, 0) is 66.2 Å². The van der Waals surface area contributed by atoms with Gasteiger partial charge in [-0.15, -0.1) is 0 Å². The second-order valence-electron chi connectivity index (χ2n) is 7.83. The molecule has 0 saturated heterocycles. The number of hydrogen-bond donors (Lipinski definition) is 0. The van der Waals surface area contributed by atoms with E-state index >= 15 is 0 Å². The predicted molar refractivity (Wildman–Crippen MR) is 144 cm³/mol.